The lowest BCUT2D eigenvalue weighted by Crippen LogP contribution is -2.19. The van der Waals surface area contributed by atoms with Crippen LogP contribution in [0.3, 0.4) is 0 Å². The first-order valence-corrected chi connectivity index (χ1v) is 8.41. The Balaban J connectivity index is 0.000000249. The molecular weight excluding hydrogens is 304 g/mol. The van der Waals surface area contributed by atoms with Crippen LogP contribution in [0.25, 0.3) is 0 Å². The van der Waals surface area contributed by atoms with Crippen LogP contribution in [0.5, 0.6) is 5.75 Å². The Hall–Kier alpha value is -1.88. The number of ether oxygens (including phenoxy) is 2. The van der Waals surface area contributed by atoms with Gasteiger partial charge >= 0.3 is 0 Å². The first kappa shape index (κ1) is 18.5. The molecule has 0 amide bonds. The number of rotatable bonds is 5. The Labute approximate surface area is 143 Å². The highest BCUT2D eigenvalue weighted by Gasteiger charge is 2.08. The average Bonchev–Trinajstić information content (AvgIpc) is 2.63. The molecule has 2 N–H and O–H groups in total. The highest BCUT2D eigenvalue weighted by molar-refractivity contribution is 5.33. The van der Waals surface area contributed by atoms with E-state index in [0.717, 1.165) is 42.9 Å². The molecule has 2 aromatic rings. The second-order valence-electron chi connectivity index (χ2n) is 5.70. The van der Waals surface area contributed by atoms with Gasteiger partial charge in [0.2, 0.25) is 0 Å². The third-order valence-corrected chi connectivity index (χ3v) is 3.78. The monoisotopic (exact) mass is 330 g/mol. The lowest BCUT2D eigenvalue weighted by Gasteiger charge is -2.15. The molecule has 4 nitrogen and oxygen atoms in total. The zero-order valence-electron chi connectivity index (χ0n) is 13.9. The Morgan fingerprint density at radius 2 is 1.62 bits per heavy atom. The van der Waals surface area contributed by atoms with Crippen molar-refractivity contribution in [3.63, 3.8) is 0 Å². The van der Waals surface area contributed by atoms with Gasteiger partial charge in [0.25, 0.3) is 0 Å². The van der Waals surface area contributed by atoms with E-state index in [2.05, 4.69) is 0 Å². The summed E-state index contributed by atoms with van der Waals surface area (Å²) in [5.74, 6) is 0.852. The summed E-state index contributed by atoms with van der Waals surface area (Å²) >= 11 is 0. The van der Waals surface area contributed by atoms with Gasteiger partial charge in [-0.1, -0.05) is 48.5 Å². The number of aliphatic hydroxyl groups excluding tert-OH is 2. The van der Waals surface area contributed by atoms with Crippen LogP contribution in [-0.2, 0) is 17.8 Å². The quantitative estimate of drug-likeness (QED) is 0.885. The molecule has 1 aliphatic rings. The largest absolute Gasteiger partial charge is 0.489 e. The van der Waals surface area contributed by atoms with Gasteiger partial charge < -0.3 is 19.7 Å². The van der Waals surface area contributed by atoms with Crippen molar-refractivity contribution in [2.45, 2.75) is 32.0 Å². The van der Waals surface area contributed by atoms with Crippen molar-refractivity contribution in [2.75, 3.05) is 19.8 Å². The molecule has 2 aromatic carbocycles. The predicted molar refractivity (Wildman–Crippen MR) is 94.1 cm³/mol. The van der Waals surface area contributed by atoms with Crippen LogP contribution in [0, 0.1) is 0 Å². The maximum Gasteiger partial charge on any atom is 0.123 e. The lowest BCUT2D eigenvalue weighted by molar-refractivity contribution is 0.0140. The highest BCUT2D eigenvalue weighted by Crippen LogP contribution is 2.19. The fourth-order valence-electron chi connectivity index (χ4n) is 2.39. The molecule has 4 heteroatoms. The van der Waals surface area contributed by atoms with Gasteiger partial charge in [0, 0.05) is 19.8 Å². The number of para-hydroxylation sites is 1. The Kier molecular flexibility index (Phi) is 8.32. The zero-order chi connectivity index (χ0) is 17.0. The Morgan fingerprint density at radius 3 is 2.25 bits per heavy atom. The van der Waals surface area contributed by atoms with Crippen molar-refractivity contribution >= 4 is 0 Å². The maximum atomic E-state index is 8.97. The first-order chi connectivity index (χ1) is 11.8. The predicted octanol–water partition coefficient (Wildman–Crippen LogP) is 2.96. The molecule has 1 saturated heterocycles. The summed E-state index contributed by atoms with van der Waals surface area (Å²) in [4.78, 5) is 0. The van der Waals surface area contributed by atoms with E-state index >= 15 is 0 Å². The topological polar surface area (TPSA) is 58.9 Å². The minimum Gasteiger partial charge on any atom is -0.489 e. The summed E-state index contributed by atoms with van der Waals surface area (Å²) in [6.45, 7) is 2.18. The van der Waals surface area contributed by atoms with E-state index < -0.39 is 0 Å². The van der Waals surface area contributed by atoms with E-state index in [1.807, 2.05) is 54.6 Å². The zero-order valence-corrected chi connectivity index (χ0v) is 13.9. The highest BCUT2D eigenvalue weighted by atomic mass is 16.5. The van der Waals surface area contributed by atoms with Crippen LogP contribution in [0.4, 0.5) is 0 Å². The normalized spacial score (nSPS) is 14.6. The molecule has 24 heavy (non-hydrogen) atoms. The fourth-order valence-corrected chi connectivity index (χ4v) is 2.39. The molecule has 0 aliphatic carbocycles. The van der Waals surface area contributed by atoms with Crippen molar-refractivity contribution in [3.05, 3.63) is 65.7 Å². The van der Waals surface area contributed by atoms with Gasteiger partial charge in [0.1, 0.15) is 12.4 Å². The minimum absolute atomic E-state index is 0.0891. The number of benzene rings is 2. The molecule has 0 aromatic heterocycles. The van der Waals surface area contributed by atoms with Crippen LogP contribution < -0.4 is 4.74 Å². The van der Waals surface area contributed by atoms with Crippen LogP contribution >= 0.6 is 0 Å². The van der Waals surface area contributed by atoms with Gasteiger partial charge in [-0.25, -0.2) is 0 Å². The summed E-state index contributed by atoms with van der Waals surface area (Å²) in [5.41, 5.74) is 2.19. The van der Waals surface area contributed by atoms with Gasteiger partial charge in [-0.2, -0.15) is 0 Å². The molecule has 1 fully saturated rings. The van der Waals surface area contributed by atoms with Gasteiger partial charge in [0.05, 0.1) is 6.10 Å². The molecule has 3 rings (SSSR count). The number of hydrogen-bond donors (Lipinski definition) is 2. The van der Waals surface area contributed by atoms with E-state index in [-0.39, 0.29) is 12.7 Å². The molecule has 0 unspecified atom stereocenters. The SMILES string of the molecule is OC1CCOCC1.OCCc1ccccc1OCc1ccccc1. The summed E-state index contributed by atoms with van der Waals surface area (Å²) in [5, 5.41) is 17.8. The maximum absolute atomic E-state index is 8.97. The summed E-state index contributed by atoms with van der Waals surface area (Å²) in [6, 6.07) is 17.9. The molecule has 0 bridgehead atoms. The van der Waals surface area contributed by atoms with Gasteiger partial charge in [0.15, 0.2) is 0 Å². The van der Waals surface area contributed by atoms with E-state index in [9.17, 15) is 0 Å². The molecule has 0 atom stereocenters. The molecule has 0 radical (unpaired) electrons. The number of hydrogen-bond acceptors (Lipinski definition) is 4. The van der Waals surface area contributed by atoms with E-state index in [0.29, 0.717) is 13.0 Å². The third kappa shape index (κ3) is 6.71. The lowest BCUT2D eigenvalue weighted by atomic mass is 10.1. The molecular formula is C20H26O4. The van der Waals surface area contributed by atoms with E-state index in [4.69, 9.17) is 19.7 Å². The Bertz CT molecular complexity index is 565. The molecule has 0 saturated carbocycles. The Morgan fingerprint density at radius 1 is 0.958 bits per heavy atom. The van der Waals surface area contributed by atoms with Crippen LogP contribution in [0.2, 0.25) is 0 Å². The summed E-state index contributed by atoms with van der Waals surface area (Å²) in [7, 11) is 0. The average molecular weight is 330 g/mol. The molecule has 1 aliphatic heterocycles. The number of aliphatic hydroxyl groups is 2. The molecule has 0 spiro atoms. The van der Waals surface area contributed by atoms with Crippen molar-refractivity contribution in [3.8, 4) is 5.75 Å². The minimum atomic E-state index is -0.0891. The molecule has 1 heterocycles. The van der Waals surface area contributed by atoms with Crippen molar-refractivity contribution < 1.29 is 19.7 Å². The van der Waals surface area contributed by atoms with E-state index in [1.54, 1.807) is 0 Å². The summed E-state index contributed by atoms with van der Waals surface area (Å²) < 4.78 is 10.7. The first-order valence-electron chi connectivity index (χ1n) is 8.41. The second-order valence-corrected chi connectivity index (χ2v) is 5.70. The second kappa shape index (κ2) is 10.8. The van der Waals surface area contributed by atoms with Crippen molar-refractivity contribution in [1.82, 2.24) is 0 Å². The van der Waals surface area contributed by atoms with Crippen LogP contribution in [0.1, 0.15) is 24.0 Å². The standard InChI is InChI=1S/C15H16O2.C5H10O2/c16-11-10-14-8-4-5-9-15(14)17-12-13-6-2-1-3-7-13;6-5-1-3-7-4-2-5/h1-9,16H,10-12H2;5-6H,1-4H2. The van der Waals surface area contributed by atoms with Gasteiger partial charge in [-0.3, -0.25) is 0 Å². The smallest absolute Gasteiger partial charge is 0.123 e. The van der Waals surface area contributed by atoms with Crippen LogP contribution in [0.15, 0.2) is 54.6 Å². The van der Waals surface area contributed by atoms with Crippen LogP contribution in [-0.4, -0.2) is 36.1 Å². The third-order valence-electron chi connectivity index (χ3n) is 3.78. The van der Waals surface area contributed by atoms with Gasteiger partial charge in [-0.05, 0) is 36.5 Å². The molecule has 130 valence electrons. The van der Waals surface area contributed by atoms with Crippen molar-refractivity contribution in [2.24, 2.45) is 0 Å². The van der Waals surface area contributed by atoms with Gasteiger partial charge in [-0.15, -0.1) is 0 Å². The fraction of sp³-hybridized carbons (Fsp3) is 0.400. The summed E-state index contributed by atoms with van der Waals surface area (Å²) in [6.07, 6.45) is 2.18. The van der Waals surface area contributed by atoms with E-state index in [1.165, 1.54) is 0 Å². The van der Waals surface area contributed by atoms with Crippen molar-refractivity contribution in [1.29, 1.82) is 0 Å².